The minimum absolute atomic E-state index is 0.110. The van der Waals surface area contributed by atoms with E-state index in [-0.39, 0.29) is 11.4 Å². The highest BCUT2D eigenvalue weighted by Crippen LogP contribution is 2.32. The summed E-state index contributed by atoms with van der Waals surface area (Å²) in [5.41, 5.74) is 2.32. The number of methoxy groups -OCH3 is 1. The molecule has 0 heterocycles. The number of sulfonamides is 1. The first kappa shape index (κ1) is 26.1. The van der Waals surface area contributed by atoms with Gasteiger partial charge < -0.3 is 14.8 Å². The monoisotopic (exact) mass is 496 g/mol. The maximum absolute atomic E-state index is 13.6. The number of nitrogens with one attached hydrogen (secondary N) is 1. The first-order chi connectivity index (χ1) is 16.9. The SMILES string of the molecule is CCOc1ccccc1N(CC(=O)NCCCc1ccccc1OC)S(=O)(=O)c1ccc(C)cc1. The Morgan fingerprint density at radius 1 is 0.943 bits per heavy atom. The molecule has 0 bridgehead atoms. The van der Waals surface area contributed by atoms with E-state index in [0.717, 1.165) is 27.6 Å². The number of hydrogen-bond donors (Lipinski definition) is 1. The Bertz CT molecular complexity index is 1230. The van der Waals surface area contributed by atoms with Crippen molar-refractivity contribution in [3.63, 3.8) is 0 Å². The summed E-state index contributed by atoms with van der Waals surface area (Å²) in [6.07, 6.45) is 1.41. The first-order valence-electron chi connectivity index (χ1n) is 11.6. The van der Waals surface area contributed by atoms with Gasteiger partial charge in [-0.2, -0.15) is 0 Å². The Labute approximate surface area is 207 Å². The van der Waals surface area contributed by atoms with Gasteiger partial charge in [0, 0.05) is 6.54 Å². The van der Waals surface area contributed by atoms with Gasteiger partial charge in [-0.05, 0) is 62.6 Å². The summed E-state index contributed by atoms with van der Waals surface area (Å²) in [6.45, 7) is 4.11. The quantitative estimate of drug-likeness (QED) is 0.377. The zero-order chi connectivity index (χ0) is 25.3. The predicted octanol–water partition coefficient (Wildman–Crippen LogP) is 4.35. The molecule has 35 heavy (non-hydrogen) atoms. The summed E-state index contributed by atoms with van der Waals surface area (Å²) in [5.74, 6) is 0.809. The summed E-state index contributed by atoms with van der Waals surface area (Å²) < 4.78 is 39.3. The molecule has 0 aliphatic carbocycles. The van der Waals surface area contributed by atoms with E-state index in [4.69, 9.17) is 9.47 Å². The molecule has 0 unspecified atom stereocenters. The molecule has 0 aliphatic rings. The van der Waals surface area contributed by atoms with E-state index >= 15 is 0 Å². The lowest BCUT2D eigenvalue weighted by atomic mass is 10.1. The van der Waals surface area contributed by atoms with Crippen molar-refractivity contribution in [2.75, 3.05) is 31.1 Å². The summed E-state index contributed by atoms with van der Waals surface area (Å²) >= 11 is 0. The number of ether oxygens (including phenoxy) is 2. The van der Waals surface area contributed by atoms with E-state index in [1.54, 1.807) is 55.6 Å². The number of amides is 1. The topological polar surface area (TPSA) is 84.9 Å². The van der Waals surface area contributed by atoms with Crippen LogP contribution < -0.4 is 19.1 Å². The van der Waals surface area contributed by atoms with Crippen molar-refractivity contribution in [3.8, 4) is 11.5 Å². The molecular formula is C27H32N2O5S. The predicted molar refractivity (Wildman–Crippen MR) is 138 cm³/mol. The van der Waals surface area contributed by atoms with Gasteiger partial charge in [0.25, 0.3) is 10.0 Å². The standard InChI is InChI=1S/C27H32N2O5S/c1-4-34-26-14-8-6-12-24(26)29(35(31,32)23-17-15-21(2)16-18-23)20-27(30)28-19-9-11-22-10-5-7-13-25(22)33-3/h5-8,10,12-18H,4,9,11,19-20H2,1-3H3,(H,28,30). The lowest BCUT2D eigenvalue weighted by Crippen LogP contribution is -2.41. The van der Waals surface area contributed by atoms with Gasteiger partial charge in [-0.15, -0.1) is 0 Å². The number of carbonyl (C=O) groups excluding carboxylic acids is 1. The van der Waals surface area contributed by atoms with Gasteiger partial charge in [-0.1, -0.05) is 48.0 Å². The third-order valence-electron chi connectivity index (χ3n) is 5.47. The van der Waals surface area contributed by atoms with Gasteiger partial charge >= 0.3 is 0 Å². The zero-order valence-corrected chi connectivity index (χ0v) is 21.2. The first-order valence-corrected chi connectivity index (χ1v) is 13.0. The Morgan fingerprint density at radius 2 is 1.60 bits per heavy atom. The normalized spacial score (nSPS) is 11.1. The van der Waals surface area contributed by atoms with Gasteiger partial charge in [0.15, 0.2) is 0 Å². The van der Waals surface area contributed by atoms with E-state index in [1.165, 1.54) is 0 Å². The molecule has 0 saturated heterocycles. The van der Waals surface area contributed by atoms with Crippen molar-refractivity contribution in [3.05, 3.63) is 83.9 Å². The number of aryl methyl sites for hydroxylation is 2. The molecule has 0 spiro atoms. The molecule has 1 amide bonds. The largest absolute Gasteiger partial charge is 0.496 e. The maximum Gasteiger partial charge on any atom is 0.264 e. The summed E-state index contributed by atoms with van der Waals surface area (Å²) in [5, 5.41) is 2.85. The van der Waals surface area contributed by atoms with Crippen LogP contribution in [-0.4, -0.2) is 41.1 Å². The number of carbonyl (C=O) groups is 1. The zero-order valence-electron chi connectivity index (χ0n) is 20.4. The van der Waals surface area contributed by atoms with Gasteiger partial charge in [-0.3, -0.25) is 9.10 Å². The molecule has 3 aromatic rings. The van der Waals surface area contributed by atoms with Gasteiger partial charge in [0.1, 0.15) is 18.0 Å². The summed E-state index contributed by atoms with van der Waals surface area (Å²) in [6, 6.07) is 21.1. The lowest BCUT2D eigenvalue weighted by molar-refractivity contribution is -0.119. The lowest BCUT2D eigenvalue weighted by Gasteiger charge is -2.26. The summed E-state index contributed by atoms with van der Waals surface area (Å²) in [7, 11) is -2.38. The fraction of sp³-hybridized carbons (Fsp3) is 0.296. The molecule has 3 rings (SSSR count). The minimum atomic E-state index is -4.01. The number of rotatable bonds is 12. The smallest absolute Gasteiger partial charge is 0.264 e. The average molecular weight is 497 g/mol. The van der Waals surface area contributed by atoms with E-state index < -0.39 is 15.9 Å². The molecule has 0 atom stereocenters. The molecule has 3 aromatic carbocycles. The second kappa shape index (κ2) is 12.3. The Kier molecular flexibility index (Phi) is 9.14. The van der Waals surface area contributed by atoms with Crippen LogP contribution in [0.15, 0.2) is 77.7 Å². The van der Waals surface area contributed by atoms with Crippen LogP contribution in [0.2, 0.25) is 0 Å². The van der Waals surface area contributed by atoms with Crippen molar-refractivity contribution < 1.29 is 22.7 Å². The highest BCUT2D eigenvalue weighted by Gasteiger charge is 2.29. The molecule has 1 N–H and O–H groups in total. The number of para-hydroxylation sites is 3. The van der Waals surface area contributed by atoms with Crippen LogP contribution in [0.5, 0.6) is 11.5 Å². The number of nitrogens with zero attached hydrogens (tertiary/aromatic N) is 1. The van der Waals surface area contributed by atoms with Crippen LogP contribution in [0.1, 0.15) is 24.5 Å². The van der Waals surface area contributed by atoms with Crippen molar-refractivity contribution in [2.45, 2.75) is 31.6 Å². The van der Waals surface area contributed by atoms with E-state index in [2.05, 4.69) is 5.32 Å². The second-order valence-corrected chi connectivity index (χ2v) is 9.85. The third kappa shape index (κ3) is 6.76. The van der Waals surface area contributed by atoms with Crippen LogP contribution >= 0.6 is 0 Å². The van der Waals surface area contributed by atoms with Gasteiger partial charge in [0.2, 0.25) is 5.91 Å². The van der Waals surface area contributed by atoms with Crippen LogP contribution in [0.25, 0.3) is 0 Å². The number of hydrogen-bond acceptors (Lipinski definition) is 5. The van der Waals surface area contributed by atoms with Crippen molar-refractivity contribution in [2.24, 2.45) is 0 Å². The van der Waals surface area contributed by atoms with E-state index in [9.17, 15) is 13.2 Å². The molecular weight excluding hydrogens is 464 g/mol. The fourth-order valence-electron chi connectivity index (χ4n) is 3.68. The molecule has 7 nitrogen and oxygen atoms in total. The van der Waals surface area contributed by atoms with Gasteiger partial charge in [-0.25, -0.2) is 8.42 Å². The Morgan fingerprint density at radius 3 is 2.29 bits per heavy atom. The van der Waals surface area contributed by atoms with Crippen molar-refractivity contribution >= 4 is 21.6 Å². The average Bonchev–Trinajstić information content (AvgIpc) is 2.86. The number of anilines is 1. The van der Waals surface area contributed by atoms with Crippen molar-refractivity contribution in [1.82, 2.24) is 5.32 Å². The van der Waals surface area contributed by atoms with Crippen LogP contribution in [0.3, 0.4) is 0 Å². The molecule has 0 aliphatic heterocycles. The minimum Gasteiger partial charge on any atom is -0.496 e. The summed E-state index contributed by atoms with van der Waals surface area (Å²) in [4.78, 5) is 13.0. The highest BCUT2D eigenvalue weighted by atomic mass is 32.2. The second-order valence-electron chi connectivity index (χ2n) is 7.99. The van der Waals surface area contributed by atoms with Crippen LogP contribution in [0, 0.1) is 6.92 Å². The molecule has 0 aromatic heterocycles. The Hall–Kier alpha value is -3.52. The van der Waals surface area contributed by atoms with E-state index in [1.807, 2.05) is 38.1 Å². The fourth-order valence-corrected chi connectivity index (χ4v) is 5.11. The molecule has 186 valence electrons. The molecule has 0 radical (unpaired) electrons. The third-order valence-corrected chi connectivity index (χ3v) is 7.24. The van der Waals surface area contributed by atoms with Crippen molar-refractivity contribution in [1.29, 1.82) is 0 Å². The molecule has 0 fully saturated rings. The molecule has 8 heteroatoms. The number of benzene rings is 3. The molecule has 0 saturated carbocycles. The Balaban J connectivity index is 1.77. The van der Waals surface area contributed by atoms with Crippen LogP contribution in [0.4, 0.5) is 5.69 Å². The van der Waals surface area contributed by atoms with Crippen LogP contribution in [-0.2, 0) is 21.2 Å². The van der Waals surface area contributed by atoms with Gasteiger partial charge in [0.05, 0.1) is 24.3 Å². The van der Waals surface area contributed by atoms with E-state index in [0.29, 0.717) is 31.0 Å². The maximum atomic E-state index is 13.6. The highest BCUT2D eigenvalue weighted by molar-refractivity contribution is 7.92.